The Morgan fingerprint density at radius 2 is 0.971 bits per heavy atom. The molecule has 0 bridgehead atoms. The zero-order valence-corrected chi connectivity index (χ0v) is 41.3. The summed E-state index contributed by atoms with van der Waals surface area (Å²) >= 11 is 24.3. The summed E-state index contributed by atoms with van der Waals surface area (Å²) in [5.74, 6) is -5.90. The predicted octanol–water partition coefficient (Wildman–Crippen LogP) is 6.73. The van der Waals surface area contributed by atoms with E-state index in [1.54, 1.807) is 47.4 Å². The zero-order chi connectivity index (χ0) is 51.0. The predicted molar refractivity (Wildman–Crippen MR) is 268 cm³/mol. The second kappa shape index (κ2) is 23.3. The number of halogens is 4. The molecule has 6 amide bonds. The molecule has 0 saturated heterocycles. The van der Waals surface area contributed by atoms with E-state index in [1.807, 2.05) is 61.5 Å². The van der Waals surface area contributed by atoms with E-state index in [0.717, 1.165) is 42.2 Å². The number of carbonyl (C=O) groups is 7. The minimum absolute atomic E-state index is 0.0545. The number of nitrogens with one attached hydrogen (secondary N) is 2. The number of esters is 2. The van der Waals surface area contributed by atoms with Crippen molar-refractivity contribution in [3.63, 3.8) is 0 Å². The second-order valence-electron chi connectivity index (χ2n) is 16.4. The van der Waals surface area contributed by atoms with Crippen LogP contribution >= 0.6 is 46.4 Å². The van der Waals surface area contributed by atoms with Crippen LogP contribution in [0.5, 0.6) is 0 Å². The van der Waals surface area contributed by atoms with Crippen LogP contribution in [0.4, 0.5) is 27.5 Å². The SMILES string of the molecule is CN(C)c1ccc(NC(=O)Nc2ccc3c(c2)CN(C(=O)C(N)Cc2ccc(Cl)cc2Cl)C3)cc1.COC(=O)C(=O)N(C(=O)C(=O)OC)c1ccc2c(c1)CN(C(=O)C(N)Cc1ccc(Cl)cc1Cl)C2. The molecular formula is C49H48Cl4N8O9. The summed E-state index contributed by atoms with van der Waals surface area (Å²) in [6.45, 7) is 1.28. The lowest BCUT2D eigenvalue weighted by Crippen LogP contribution is -2.45. The zero-order valence-electron chi connectivity index (χ0n) is 38.3. The number of hydrogen-bond acceptors (Lipinski definition) is 12. The molecule has 2 unspecified atom stereocenters. The number of rotatable bonds is 10. The fourth-order valence-corrected chi connectivity index (χ4v) is 8.59. The number of amides is 6. The number of anilines is 4. The highest BCUT2D eigenvalue weighted by Crippen LogP contribution is 2.31. The Hall–Kier alpha value is -6.73. The molecule has 366 valence electrons. The van der Waals surface area contributed by atoms with Crippen LogP contribution in [0, 0.1) is 0 Å². The fraction of sp³-hybridized carbons (Fsp3) is 0.245. The van der Waals surface area contributed by atoms with E-state index in [2.05, 4.69) is 20.1 Å². The van der Waals surface area contributed by atoms with Crippen LogP contribution in [0.2, 0.25) is 20.1 Å². The lowest BCUT2D eigenvalue weighted by Gasteiger charge is -2.21. The Morgan fingerprint density at radius 1 is 0.557 bits per heavy atom. The van der Waals surface area contributed by atoms with Crippen molar-refractivity contribution >= 4 is 111 Å². The van der Waals surface area contributed by atoms with Crippen molar-refractivity contribution in [1.82, 2.24) is 9.80 Å². The molecule has 2 heterocycles. The van der Waals surface area contributed by atoms with Crippen molar-refractivity contribution in [2.45, 2.75) is 51.1 Å². The number of hydrogen-bond donors (Lipinski definition) is 4. The van der Waals surface area contributed by atoms with Crippen molar-refractivity contribution in [3.8, 4) is 0 Å². The van der Waals surface area contributed by atoms with E-state index in [4.69, 9.17) is 57.9 Å². The number of benzene rings is 5. The van der Waals surface area contributed by atoms with Crippen LogP contribution in [-0.2, 0) is 77.3 Å². The molecule has 0 radical (unpaired) electrons. The first-order valence-electron chi connectivity index (χ1n) is 21.4. The maximum atomic E-state index is 13.0. The van der Waals surface area contributed by atoms with Crippen LogP contribution < -0.4 is 31.9 Å². The van der Waals surface area contributed by atoms with Crippen LogP contribution in [-0.4, -0.2) is 91.8 Å². The molecule has 6 N–H and O–H groups in total. The summed E-state index contributed by atoms with van der Waals surface area (Å²) < 4.78 is 8.78. The van der Waals surface area contributed by atoms with Gasteiger partial charge in [0, 0.05) is 77.4 Å². The lowest BCUT2D eigenvalue weighted by atomic mass is 10.1. The van der Waals surface area contributed by atoms with Gasteiger partial charge >= 0.3 is 29.8 Å². The van der Waals surface area contributed by atoms with Crippen LogP contribution in [0.1, 0.15) is 33.4 Å². The first-order chi connectivity index (χ1) is 33.3. The Labute approximate surface area is 423 Å². The van der Waals surface area contributed by atoms with Crippen molar-refractivity contribution in [2.75, 3.05) is 48.7 Å². The molecule has 2 aliphatic rings. The third-order valence-electron chi connectivity index (χ3n) is 11.3. The number of urea groups is 1. The van der Waals surface area contributed by atoms with Gasteiger partial charge in [-0.2, -0.15) is 0 Å². The highest BCUT2D eigenvalue weighted by atomic mass is 35.5. The number of imide groups is 1. The second-order valence-corrected chi connectivity index (χ2v) is 18.1. The molecular weight excluding hydrogens is 986 g/mol. The molecule has 0 saturated carbocycles. The smallest absolute Gasteiger partial charge is 0.397 e. The van der Waals surface area contributed by atoms with Gasteiger partial charge in [0.2, 0.25) is 11.8 Å². The van der Waals surface area contributed by atoms with Crippen LogP contribution in [0.3, 0.4) is 0 Å². The molecule has 70 heavy (non-hydrogen) atoms. The van der Waals surface area contributed by atoms with E-state index in [1.165, 1.54) is 17.0 Å². The number of methoxy groups -OCH3 is 2. The first-order valence-corrected chi connectivity index (χ1v) is 22.9. The van der Waals surface area contributed by atoms with Gasteiger partial charge in [0.15, 0.2) is 0 Å². The quantitative estimate of drug-likeness (QED) is 0.0844. The number of fused-ring (bicyclic) bond motifs is 2. The monoisotopic (exact) mass is 1030 g/mol. The maximum Gasteiger partial charge on any atom is 0.397 e. The summed E-state index contributed by atoms with van der Waals surface area (Å²) in [6, 6.07) is 25.8. The summed E-state index contributed by atoms with van der Waals surface area (Å²) in [4.78, 5) is 92.5. The Balaban J connectivity index is 0.000000230. The van der Waals surface area contributed by atoms with Gasteiger partial charge in [0.05, 0.1) is 32.0 Å². The van der Waals surface area contributed by atoms with Gasteiger partial charge in [0.1, 0.15) is 0 Å². The van der Waals surface area contributed by atoms with Gasteiger partial charge in [-0.25, -0.2) is 19.3 Å². The molecule has 0 aromatic heterocycles. The van der Waals surface area contributed by atoms with Gasteiger partial charge in [-0.3, -0.25) is 19.2 Å². The largest absolute Gasteiger partial charge is 0.462 e. The normalized spacial score (nSPS) is 13.1. The molecule has 0 aliphatic carbocycles. The van der Waals surface area contributed by atoms with E-state index in [9.17, 15) is 33.6 Å². The molecule has 17 nitrogen and oxygen atoms in total. The van der Waals surface area contributed by atoms with Crippen molar-refractivity contribution < 1.29 is 43.0 Å². The minimum Gasteiger partial charge on any atom is -0.462 e. The third-order valence-corrected chi connectivity index (χ3v) is 12.5. The summed E-state index contributed by atoms with van der Waals surface area (Å²) in [5, 5.41) is 7.58. The molecule has 0 fully saturated rings. The number of nitrogens with two attached hydrogens (primary N) is 2. The number of nitrogens with zero attached hydrogens (tertiary/aromatic N) is 4. The lowest BCUT2D eigenvalue weighted by molar-refractivity contribution is -0.156. The van der Waals surface area contributed by atoms with E-state index in [0.29, 0.717) is 67.0 Å². The molecule has 5 aromatic carbocycles. The highest BCUT2D eigenvalue weighted by molar-refractivity contribution is 6.52. The van der Waals surface area contributed by atoms with Crippen molar-refractivity contribution in [1.29, 1.82) is 0 Å². The summed E-state index contributed by atoms with van der Waals surface area (Å²) in [7, 11) is 5.85. The average molecular weight is 1030 g/mol. The summed E-state index contributed by atoms with van der Waals surface area (Å²) in [5.41, 5.74) is 19.5. The Kier molecular flexibility index (Phi) is 17.5. The average Bonchev–Trinajstić information content (AvgIpc) is 3.97. The molecule has 2 atom stereocenters. The summed E-state index contributed by atoms with van der Waals surface area (Å²) in [6.07, 6.45) is 0.520. The minimum atomic E-state index is -1.37. The van der Waals surface area contributed by atoms with E-state index >= 15 is 0 Å². The van der Waals surface area contributed by atoms with Gasteiger partial charge in [-0.05, 0) is 119 Å². The Morgan fingerprint density at radius 3 is 1.43 bits per heavy atom. The maximum absolute atomic E-state index is 13.0. The third kappa shape index (κ3) is 12.9. The molecule has 21 heteroatoms. The first kappa shape index (κ1) is 52.6. The standard InChI is InChI=1S/C26H27Cl2N5O2.C23H21Cl2N3O7/c1-32(2)22-9-7-20(8-10-22)30-26(35)31-21-6-4-17-14-33(15-18(17)11-21)25(34)24(29)12-16-3-5-19(27)13-23(16)28;1-34-22(32)20(30)28(21(31)23(33)35-2)16-6-4-13-10-27(11-14(13)7-16)19(29)18(26)8-12-3-5-15(24)9-17(12)25/h3-11,13,24H,12,14-15,29H2,1-2H3,(H2,30,31,35);3-7,9,18H,8,10-11,26H2,1-2H3. The van der Waals surface area contributed by atoms with Gasteiger partial charge in [-0.15, -0.1) is 0 Å². The van der Waals surface area contributed by atoms with Crippen LogP contribution in [0.15, 0.2) is 97.1 Å². The van der Waals surface area contributed by atoms with Gasteiger partial charge in [-0.1, -0.05) is 70.7 Å². The van der Waals surface area contributed by atoms with E-state index in [-0.39, 0.29) is 43.0 Å². The number of carbonyl (C=O) groups excluding carboxylic acids is 7. The molecule has 2 aliphatic heterocycles. The van der Waals surface area contributed by atoms with E-state index < -0.39 is 35.8 Å². The van der Waals surface area contributed by atoms with Gasteiger partial charge in [0.25, 0.3) is 0 Å². The molecule has 5 aromatic rings. The number of ether oxygens (including phenoxy) is 2. The van der Waals surface area contributed by atoms with Crippen LogP contribution in [0.25, 0.3) is 0 Å². The van der Waals surface area contributed by atoms with Crippen molar-refractivity contribution in [3.05, 3.63) is 151 Å². The highest BCUT2D eigenvalue weighted by Gasteiger charge is 2.36. The molecule has 7 rings (SSSR count). The van der Waals surface area contributed by atoms with Gasteiger partial charge < -0.3 is 46.3 Å². The Bertz CT molecular complexity index is 2820. The van der Waals surface area contributed by atoms with Crippen molar-refractivity contribution in [2.24, 2.45) is 11.5 Å². The fourth-order valence-electron chi connectivity index (χ4n) is 7.62. The topological polar surface area (TPSA) is 227 Å². The molecule has 0 spiro atoms.